The monoisotopic (exact) mass is 363 g/mol. The van der Waals surface area contributed by atoms with E-state index in [-0.39, 0.29) is 11.4 Å². The van der Waals surface area contributed by atoms with Gasteiger partial charge < -0.3 is 19.5 Å². The second kappa shape index (κ2) is 6.05. The van der Waals surface area contributed by atoms with Crippen LogP contribution in [-0.4, -0.2) is 24.8 Å². The average molecular weight is 363 g/mol. The third-order valence-corrected chi connectivity index (χ3v) is 5.89. The molecule has 0 saturated carbocycles. The van der Waals surface area contributed by atoms with Crippen LogP contribution in [0.5, 0.6) is 5.75 Å². The van der Waals surface area contributed by atoms with Crippen molar-refractivity contribution in [1.29, 1.82) is 0 Å². The van der Waals surface area contributed by atoms with Gasteiger partial charge in [-0.25, -0.2) is 4.39 Å². The van der Waals surface area contributed by atoms with Crippen molar-refractivity contribution in [3.8, 4) is 11.4 Å². The van der Waals surface area contributed by atoms with E-state index in [1.165, 1.54) is 17.8 Å². The zero-order valence-corrected chi connectivity index (χ0v) is 15.3. The number of benzene rings is 2. The highest BCUT2D eigenvalue weighted by atomic mass is 19.1. The Labute approximate surface area is 158 Å². The quantitative estimate of drug-likeness (QED) is 0.724. The van der Waals surface area contributed by atoms with Gasteiger partial charge in [-0.05, 0) is 61.4 Å². The van der Waals surface area contributed by atoms with Crippen molar-refractivity contribution in [1.82, 2.24) is 4.57 Å². The zero-order chi connectivity index (χ0) is 18.4. The predicted octanol–water partition coefficient (Wildman–Crippen LogP) is 4.55. The van der Waals surface area contributed by atoms with Crippen molar-refractivity contribution in [2.75, 3.05) is 30.4 Å². The van der Waals surface area contributed by atoms with Crippen LogP contribution in [0.4, 0.5) is 15.8 Å². The number of hydrogen-bond donors (Lipinski definition) is 1. The number of aromatic nitrogens is 1. The standard InChI is InChI=1S/C22H22FN3O/c1-27-18-8-9-20-19(15-18)24-22(21-3-2-12-26(20)21)10-13-25(14-11-22)17-6-4-16(23)5-7-17/h2-9,12,15,24H,10-11,13-14H2,1H3. The van der Waals surface area contributed by atoms with Crippen molar-refractivity contribution in [2.45, 2.75) is 18.4 Å². The molecule has 0 radical (unpaired) electrons. The average Bonchev–Trinajstić information content (AvgIpc) is 3.20. The summed E-state index contributed by atoms with van der Waals surface area (Å²) < 4.78 is 20.9. The summed E-state index contributed by atoms with van der Waals surface area (Å²) in [6.45, 7) is 1.84. The molecule has 1 fully saturated rings. The molecule has 5 heteroatoms. The van der Waals surface area contributed by atoms with Gasteiger partial charge in [0, 0.05) is 36.7 Å². The normalized spacial score (nSPS) is 17.2. The van der Waals surface area contributed by atoms with Crippen molar-refractivity contribution in [2.24, 2.45) is 0 Å². The molecule has 2 aliphatic heterocycles. The Balaban J connectivity index is 1.46. The molecule has 1 spiro atoms. The second-order valence-electron chi connectivity index (χ2n) is 7.32. The Bertz CT molecular complexity index is 971. The summed E-state index contributed by atoms with van der Waals surface area (Å²) in [6.07, 6.45) is 4.09. The molecular weight excluding hydrogens is 341 g/mol. The number of hydrogen-bond acceptors (Lipinski definition) is 3. The van der Waals surface area contributed by atoms with E-state index in [1.54, 1.807) is 7.11 Å². The Morgan fingerprint density at radius 2 is 1.81 bits per heavy atom. The summed E-state index contributed by atoms with van der Waals surface area (Å²) >= 11 is 0. The first-order valence-corrected chi connectivity index (χ1v) is 9.33. The van der Waals surface area contributed by atoms with Gasteiger partial charge in [0.1, 0.15) is 11.6 Å². The molecule has 0 amide bonds. The Morgan fingerprint density at radius 1 is 1.04 bits per heavy atom. The van der Waals surface area contributed by atoms with Crippen molar-refractivity contribution in [3.63, 3.8) is 0 Å². The summed E-state index contributed by atoms with van der Waals surface area (Å²) in [7, 11) is 1.70. The lowest BCUT2D eigenvalue weighted by atomic mass is 9.82. The Kier molecular flexibility index (Phi) is 3.64. The van der Waals surface area contributed by atoms with Crippen LogP contribution < -0.4 is 15.0 Å². The van der Waals surface area contributed by atoms with Crippen LogP contribution >= 0.6 is 0 Å². The number of methoxy groups -OCH3 is 1. The molecule has 0 unspecified atom stereocenters. The van der Waals surface area contributed by atoms with Gasteiger partial charge in [-0.15, -0.1) is 0 Å². The number of fused-ring (bicyclic) bond motifs is 4. The van der Waals surface area contributed by atoms with Crippen molar-refractivity contribution in [3.05, 3.63) is 72.3 Å². The van der Waals surface area contributed by atoms with E-state index in [0.717, 1.165) is 48.7 Å². The van der Waals surface area contributed by atoms with Crippen molar-refractivity contribution < 1.29 is 9.13 Å². The number of halogens is 1. The van der Waals surface area contributed by atoms with E-state index in [0.29, 0.717) is 0 Å². The zero-order valence-electron chi connectivity index (χ0n) is 15.3. The first-order chi connectivity index (χ1) is 13.2. The van der Waals surface area contributed by atoms with Gasteiger partial charge in [0.05, 0.1) is 24.0 Å². The first-order valence-electron chi connectivity index (χ1n) is 9.33. The van der Waals surface area contributed by atoms with Crippen molar-refractivity contribution >= 4 is 11.4 Å². The van der Waals surface area contributed by atoms with Gasteiger partial charge in [0.25, 0.3) is 0 Å². The number of nitrogens with one attached hydrogen (secondary N) is 1. The summed E-state index contributed by atoms with van der Waals surface area (Å²) in [4.78, 5) is 2.33. The summed E-state index contributed by atoms with van der Waals surface area (Å²) in [5.74, 6) is 0.667. The number of anilines is 2. The van der Waals surface area contributed by atoms with E-state index < -0.39 is 0 Å². The minimum atomic E-state index is -0.190. The molecule has 27 heavy (non-hydrogen) atoms. The lowest BCUT2D eigenvalue weighted by molar-refractivity contribution is 0.355. The summed E-state index contributed by atoms with van der Waals surface area (Å²) in [6, 6.07) is 17.3. The van der Waals surface area contributed by atoms with Gasteiger partial charge >= 0.3 is 0 Å². The van der Waals surface area contributed by atoms with Crippen LogP contribution in [0.25, 0.3) is 5.69 Å². The maximum atomic E-state index is 13.2. The topological polar surface area (TPSA) is 29.4 Å². The molecule has 0 atom stereocenters. The maximum absolute atomic E-state index is 13.2. The molecule has 2 aromatic carbocycles. The second-order valence-corrected chi connectivity index (χ2v) is 7.32. The molecule has 0 aliphatic carbocycles. The molecule has 3 aromatic rings. The highest BCUT2D eigenvalue weighted by molar-refractivity contribution is 5.69. The predicted molar refractivity (Wildman–Crippen MR) is 105 cm³/mol. The molecule has 1 saturated heterocycles. The smallest absolute Gasteiger partial charge is 0.123 e. The third-order valence-electron chi connectivity index (χ3n) is 5.89. The van der Waals surface area contributed by atoms with E-state index >= 15 is 0 Å². The Morgan fingerprint density at radius 3 is 2.56 bits per heavy atom. The molecule has 138 valence electrons. The first kappa shape index (κ1) is 16.2. The molecule has 3 heterocycles. The molecule has 1 N–H and O–H groups in total. The maximum Gasteiger partial charge on any atom is 0.123 e. The van der Waals surface area contributed by atoms with E-state index in [9.17, 15) is 4.39 Å². The number of nitrogens with zero attached hydrogens (tertiary/aromatic N) is 2. The molecular formula is C22H22FN3O. The van der Waals surface area contributed by atoms with Crippen LogP contribution in [0.3, 0.4) is 0 Å². The van der Waals surface area contributed by atoms with Gasteiger partial charge in [-0.2, -0.15) is 0 Å². The van der Waals surface area contributed by atoms with Gasteiger partial charge in [0.2, 0.25) is 0 Å². The van der Waals surface area contributed by atoms with Gasteiger partial charge in [0.15, 0.2) is 0 Å². The van der Waals surface area contributed by atoms with E-state index in [2.05, 4.69) is 45.2 Å². The fraction of sp³-hybridized carbons (Fsp3) is 0.273. The molecule has 5 rings (SSSR count). The van der Waals surface area contributed by atoms with Crippen LogP contribution in [0.15, 0.2) is 60.8 Å². The van der Waals surface area contributed by atoms with E-state index in [4.69, 9.17) is 4.74 Å². The van der Waals surface area contributed by atoms with Crippen LogP contribution in [-0.2, 0) is 5.54 Å². The summed E-state index contributed by atoms with van der Waals surface area (Å²) in [5.41, 5.74) is 4.55. The third kappa shape index (κ3) is 2.57. The number of ether oxygens (including phenoxy) is 1. The minimum Gasteiger partial charge on any atom is -0.497 e. The highest BCUT2D eigenvalue weighted by Gasteiger charge is 2.41. The largest absolute Gasteiger partial charge is 0.497 e. The highest BCUT2D eigenvalue weighted by Crippen LogP contribution is 2.44. The fourth-order valence-corrected chi connectivity index (χ4v) is 4.43. The SMILES string of the molecule is COc1ccc2c(c1)NC1(CCN(c3ccc(F)cc3)CC1)c1cccn1-2. The summed E-state index contributed by atoms with van der Waals surface area (Å²) in [5, 5.41) is 3.82. The lowest BCUT2D eigenvalue weighted by Gasteiger charge is -2.47. The van der Waals surface area contributed by atoms with Gasteiger partial charge in [-0.3, -0.25) is 0 Å². The number of piperidine rings is 1. The minimum absolute atomic E-state index is 0.0978. The van der Waals surface area contributed by atoms with Crippen LogP contribution in [0, 0.1) is 5.82 Å². The molecule has 2 aliphatic rings. The molecule has 4 nitrogen and oxygen atoms in total. The lowest BCUT2D eigenvalue weighted by Crippen LogP contribution is -2.49. The van der Waals surface area contributed by atoms with E-state index in [1.807, 2.05) is 18.2 Å². The fourth-order valence-electron chi connectivity index (χ4n) is 4.43. The molecule has 0 bridgehead atoms. The van der Waals surface area contributed by atoms with Crippen LogP contribution in [0.1, 0.15) is 18.5 Å². The molecule has 1 aromatic heterocycles. The Hall–Kier alpha value is -2.95. The number of rotatable bonds is 2. The van der Waals surface area contributed by atoms with Gasteiger partial charge in [-0.1, -0.05) is 0 Å². The van der Waals surface area contributed by atoms with Crippen LogP contribution in [0.2, 0.25) is 0 Å².